The maximum absolute atomic E-state index is 12.8. The van der Waals surface area contributed by atoms with Crippen LogP contribution in [0.25, 0.3) is 10.9 Å². The van der Waals surface area contributed by atoms with E-state index in [9.17, 15) is 19.2 Å². The molecule has 0 radical (unpaired) electrons. The molecule has 1 N–H and O–H groups in total. The number of ether oxygens (including phenoxy) is 2. The highest BCUT2D eigenvalue weighted by Gasteiger charge is 2.36. The van der Waals surface area contributed by atoms with Crippen molar-refractivity contribution < 1.29 is 28.7 Å². The molecule has 0 aliphatic carbocycles. The summed E-state index contributed by atoms with van der Waals surface area (Å²) in [6, 6.07) is 7.25. The number of carbonyl (C=O) groups is 4. The molecule has 1 fully saturated rings. The molecule has 2 amide bonds. The lowest BCUT2D eigenvalue weighted by atomic mass is 9.95. The first-order valence-corrected chi connectivity index (χ1v) is 9.95. The van der Waals surface area contributed by atoms with E-state index < -0.39 is 24.1 Å². The summed E-state index contributed by atoms with van der Waals surface area (Å²) in [6.07, 6.45) is -0.502. The van der Waals surface area contributed by atoms with Gasteiger partial charge < -0.3 is 19.4 Å². The Hall–Kier alpha value is -3.36. The SMILES string of the molecule is CCOC(=O)C1CCn2c(cc3cc(N4C[C@H](CNC(C)=O)OC4=O)ccc32)C1=O. The number of amides is 2. The van der Waals surface area contributed by atoms with Crippen molar-refractivity contribution in [2.75, 3.05) is 24.6 Å². The van der Waals surface area contributed by atoms with E-state index in [0.717, 1.165) is 10.9 Å². The fourth-order valence-electron chi connectivity index (χ4n) is 4.00. The van der Waals surface area contributed by atoms with Crippen LogP contribution < -0.4 is 10.2 Å². The van der Waals surface area contributed by atoms with Gasteiger partial charge >= 0.3 is 12.1 Å². The first kappa shape index (κ1) is 19.9. The molecule has 3 heterocycles. The Labute approximate surface area is 172 Å². The molecule has 2 aliphatic heterocycles. The molecule has 2 aliphatic rings. The number of benzene rings is 1. The van der Waals surface area contributed by atoms with Gasteiger partial charge in [-0.3, -0.25) is 19.3 Å². The van der Waals surface area contributed by atoms with Crippen LogP contribution in [0.4, 0.5) is 10.5 Å². The van der Waals surface area contributed by atoms with Crippen molar-refractivity contribution in [3.63, 3.8) is 0 Å². The molecule has 1 saturated heterocycles. The van der Waals surface area contributed by atoms with Crippen molar-refractivity contribution in [1.82, 2.24) is 9.88 Å². The van der Waals surface area contributed by atoms with Gasteiger partial charge in [0.25, 0.3) is 0 Å². The van der Waals surface area contributed by atoms with Gasteiger partial charge in [-0.05, 0) is 37.6 Å². The molecular formula is C21H23N3O6. The molecular weight excluding hydrogens is 390 g/mol. The van der Waals surface area contributed by atoms with Gasteiger partial charge in [0.05, 0.1) is 25.4 Å². The minimum atomic E-state index is -0.774. The van der Waals surface area contributed by atoms with Gasteiger partial charge in [-0.2, -0.15) is 0 Å². The second-order valence-electron chi connectivity index (χ2n) is 7.44. The van der Waals surface area contributed by atoms with Crippen molar-refractivity contribution in [3.05, 3.63) is 30.0 Å². The molecule has 1 aromatic heterocycles. The minimum Gasteiger partial charge on any atom is -0.465 e. The highest BCUT2D eigenvalue weighted by Crippen LogP contribution is 2.32. The van der Waals surface area contributed by atoms with Crippen LogP contribution in [-0.2, 0) is 25.6 Å². The van der Waals surface area contributed by atoms with Crippen LogP contribution in [0.1, 0.15) is 30.8 Å². The van der Waals surface area contributed by atoms with E-state index in [2.05, 4.69) is 5.32 Å². The topological polar surface area (TPSA) is 107 Å². The smallest absolute Gasteiger partial charge is 0.414 e. The number of Topliss-reactive ketones (excluding diaryl/α,β-unsaturated/α-hetero) is 1. The van der Waals surface area contributed by atoms with Gasteiger partial charge in [-0.15, -0.1) is 0 Å². The van der Waals surface area contributed by atoms with Crippen LogP contribution in [0.3, 0.4) is 0 Å². The standard InChI is InChI=1S/C21H23N3O6/c1-3-29-20(27)16-6-7-23-17-5-4-14(8-13(17)9-18(23)19(16)26)24-11-15(30-21(24)28)10-22-12(2)25/h4-5,8-9,15-16H,3,6-7,10-11H2,1-2H3,(H,22,25)/t15-,16?/m0/s1. The van der Waals surface area contributed by atoms with Crippen molar-refractivity contribution in [1.29, 1.82) is 0 Å². The Kier molecular flexibility index (Phi) is 5.19. The second-order valence-corrected chi connectivity index (χ2v) is 7.44. The molecule has 2 aromatic rings. The third kappa shape index (κ3) is 3.51. The number of esters is 1. The fraction of sp³-hybridized carbons (Fsp3) is 0.429. The van der Waals surface area contributed by atoms with Gasteiger partial charge in [0.1, 0.15) is 12.0 Å². The van der Waals surface area contributed by atoms with Crippen LogP contribution in [0, 0.1) is 5.92 Å². The molecule has 2 atom stereocenters. The number of hydrogen-bond acceptors (Lipinski definition) is 6. The zero-order chi connectivity index (χ0) is 21.4. The molecule has 30 heavy (non-hydrogen) atoms. The number of aryl methyl sites for hydroxylation is 1. The Bertz CT molecular complexity index is 1040. The number of aromatic nitrogens is 1. The summed E-state index contributed by atoms with van der Waals surface area (Å²) in [5, 5.41) is 3.45. The van der Waals surface area contributed by atoms with Crippen molar-refractivity contribution in [3.8, 4) is 0 Å². The van der Waals surface area contributed by atoms with Crippen LogP contribution in [0.2, 0.25) is 0 Å². The molecule has 9 nitrogen and oxygen atoms in total. The number of hydrogen-bond donors (Lipinski definition) is 1. The summed E-state index contributed by atoms with van der Waals surface area (Å²) in [5.41, 5.74) is 1.99. The van der Waals surface area contributed by atoms with E-state index in [0.29, 0.717) is 30.9 Å². The van der Waals surface area contributed by atoms with Gasteiger partial charge in [0.2, 0.25) is 5.91 Å². The fourth-order valence-corrected chi connectivity index (χ4v) is 4.00. The van der Waals surface area contributed by atoms with Crippen molar-refractivity contribution >= 4 is 40.3 Å². The molecule has 1 unspecified atom stereocenters. The van der Waals surface area contributed by atoms with E-state index in [1.54, 1.807) is 19.1 Å². The zero-order valence-corrected chi connectivity index (χ0v) is 16.8. The van der Waals surface area contributed by atoms with Gasteiger partial charge in [0, 0.05) is 30.1 Å². The van der Waals surface area contributed by atoms with E-state index in [1.807, 2.05) is 16.7 Å². The highest BCUT2D eigenvalue weighted by atomic mass is 16.6. The number of nitrogens with zero attached hydrogens (tertiary/aromatic N) is 2. The van der Waals surface area contributed by atoms with Gasteiger partial charge in [-0.1, -0.05) is 0 Å². The summed E-state index contributed by atoms with van der Waals surface area (Å²) < 4.78 is 12.2. The number of nitrogens with one attached hydrogen (secondary N) is 1. The Balaban J connectivity index is 1.58. The van der Waals surface area contributed by atoms with Gasteiger partial charge in [-0.25, -0.2) is 4.79 Å². The summed E-state index contributed by atoms with van der Waals surface area (Å²) in [7, 11) is 0. The van der Waals surface area contributed by atoms with Crippen LogP contribution in [0.5, 0.6) is 0 Å². The average molecular weight is 413 g/mol. The molecule has 1 aromatic carbocycles. The third-order valence-corrected chi connectivity index (χ3v) is 5.43. The summed E-state index contributed by atoms with van der Waals surface area (Å²) in [5.74, 6) is -1.68. The molecule has 0 bridgehead atoms. The number of anilines is 1. The van der Waals surface area contributed by atoms with Crippen molar-refractivity contribution in [2.24, 2.45) is 5.92 Å². The quantitative estimate of drug-likeness (QED) is 0.592. The molecule has 9 heteroatoms. The highest BCUT2D eigenvalue weighted by molar-refractivity contribution is 6.11. The lowest BCUT2D eigenvalue weighted by Crippen LogP contribution is -2.33. The Morgan fingerprint density at radius 2 is 2.07 bits per heavy atom. The molecule has 4 rings (SSSR count). The normalized spacial score (nSPS) is 20.8. The zero-order valence-electron chi connectivity index (χ0n) is 16.8. The van der Waals surface area contributed by atoms with Crippen molar-refractivity contribution in [2.45, 2.75) is 32.9 Å². The average Bonchev–Trinajstić information content (AvgIpc) is 3.27. The Morgan fingerprint density at radius 1 is 1.27 bits per heavy atom. The number of cyclic esters (lactones) is 1. The first-order chi connectivity index (χ1) is 14.4. The largest absolute Gasteiger partial charge is 0.465 e. The van der Waals surface area contributed by atoms with Crippen LogP contribution in [0.15, 0.2) is 24.3 Å². The molecule has 0 saturated carbocycles. The summed E-state index contributed by atoms with van der Waals surface area (Å²) >= 11 is 0. The Morgan fingerprint density at radius 3 is 2.80 bits per heavy atom. The second kappa shape index (κ2) is 7.81. The van der Waals surface area contributed by atoms with E-state index in [4.69, 9.17) is 9.47 Å². The summed E-state index contributed by atoms with van der Waals surface area (Å²) in [4.78, 5) is 49.8. The third-order valence-electron chi connectivity index (χ3n) is 5.43. The lowest BCUT2D eigenvalue weighted by Gasteiger charge is -2.22. The maximum Gasteiger partial charge on any atom is 0.414 e. The number of fused-ring (bicyclic) bond motifs is 3. The summed E-state index contributed by atoms with van der Waals surface area (Å²) in [6.45, 7) is 4.48. The van der Waals surface area contributed by atoms with E-state index in [-0.39, 0.29) is 24.8 Å². The first-order valence-electron chi connectivity index (χ1n) is 9.95. The predicted molar refractivity (Wildman–Crippen MR) is 107 cm³/mol. The van der Waals surface area contributed by atoms with E-state index in [1.165, 1.54) is 11.8 Å². The monoisotopic (exact) mass is 413 g/mol. The van der Waals surface area contributed by atoms with E-state index >= 15 is 0 Å². The van der Waals surface area contributed by atoms with Gasteiger partial charge in [0.15, 0.2) is 5.78 Å². The molecule has 158 valence electrons. The maximum atomic E-state index is 12.8. The number of ketones is 1. The van der Waals surface area contributed by atoms with Crippen LogP contribution in [-0.4, -0.2) is 54.1 Å². The van der Waals surface area contributed by atoms with Crippen LogP contribution >= 0.6 is 0 Å². The predicted octanol–water partition coefficient (Wildman–Crippen LogP) is 1.87. The number of carbonyl (C=O) groups excluding carboxylic acids is 4. The lowest BCUT2D eigenvalue weighted by molar-refractivity contribution is -0.146. The molecule has 0 spiro atoms. The number of rotatable bonds is 5. The minimum absolute atomic E-state index is 0.184.